The molecule has 1 aliphatic carbocycles. The largest absolute Gasteiger partial charge is 0.496 e. The lowest BCUT2D eigenvalue weighted by Gasteiger charge is -2.42. The summed E-state index contributed by atoms with van der Waals surface area (Å²) < 4.78 is 5.80. The van der Waals surface area contributed by atoms with Crippen molar-refractivity contribution in [1.29, 1.82) is 0 Å². The molecule has 2 aromatic carbocycles. The van der Waals surface area contributed by atoms with Gasteiger partial charge in [0.1, 0.15) is 5.75 Å². The van der Waals surface area contributed by atoms with Gasteiger partial charge in [0, 0.05) is 67.0 Å². The van der Waals surface area contributed by atoms with Crippen molar-refractivity contribution < 1.29 is 14.7 Å². The number of nitrogens with zero attached hydrogens (tertiary/aromatic N) is 2. The Bertz CT molecular complexity index is 1140. The third kappa shape index (κ3) is 4.49. The Hall–Kier alpha value is -2.87. The summed E-state index contributed by atoms with van der Waals surface area (Å²) in [5.74, 6) is 1.29. The smallest absolute Gasteiger partial charge is 0.274 e. The molecule has 0 spiro atoms. The van der Waals surface area contributed by atoms with Gasteiger partial charge in [0.15, 0.2) is 0 Å². The second-order valence-corrected chi connectivity index (χ2v) is 9.39. The molecule has 1 saturated carbocycles. The Morgan fingerprint density at radius 1 is 1.21 bits per heavy atom. The average Bonchev–Trinajstić information content (AvgIpc) is 3.51. The van der Waals surface area contributed by atoms with Crippen molar-refractivity contribution in [1.82, 2.24) is 20.3 Å². The summed E-state index contributed by atoms with van der Waals surface area (Å²) in [6.45, 7) is 7.06. The molecular weight excluding hydrogens is 416 g/mol. The lowest BCUT2D eigenvalue weighted by molar-refractivity contribution is 0.0649. The second kappa shape index (κ2) is 9.17. The van der Waals surface area contributed by atoms with E-state index in [1.54, 1.807) is 24.7 Å². The Kier molecular flexibility index (Phi) is 6.10. The molecule has 2 fully saturated rings. The molecule has 33 heavy (non-hydrogen) atoms. The predicted octanol–water partition coefficient (Wildman–Crippen LogP) is 3.87. The molecule has 1 amide bonds. The van der Waals surface area contributed by atoms with Gasteiger partial charge >= 0.3 is 0 Å². The summed E-state index contributed by atoms with van der Waals surface area (Å²) in [5, 5.41) is 10.2. The van der Waals surface area contributed by atoms with Gasteiger partial charge in [-0.3, -0.25) is 19.8 Å². The molecule has 5 rings (SSSR count). The fourth-order valence-electron chi connectivity index (χ4n) is 5.12. The number of hydrogen-bond donors (Lipinski definition) is 3. The number of fused-ring (bicyclic) bond motifs is 1. The number of rotatable bonds is 7. The quantitative estimate of drug-likeness (QED) is 0.378. The summed E-state index contributed by atoms with van der Waals surface area (Å²) in [6.07, 6.45) is 4.69. The number of aromatic nitrogens is 1. The minimum absolute atomic E-state index is 0.212. The molecule has 1 aromatic heterocycles. The Morgan fingerprint density at radius 3 is 2.70 bits per heavy atom. The van der Waals surface area contributed by atoms with Gasteiger partial charge in [0.25, 0.3) is 5.91 Å². The number of carbonyl (C=O) groups is 1. The maximum Gasteiger partial charge on any atom is 0.274 e. The number of amides is 1. The molecule has 7 nitrogen and oxygen atoms in total. The van der Waals surface area contributed by atoms with E-state index in [1.807, 2.05) is 18.3 Å². The third-order valence-corrected chi connectivity index (χ3v) is 7.14. The van der Waals surface area contributed by atoms with Crippen LogP contribution < -0.4 is 10.2 Å². The highest BCUT2D eigenvalue weighted by atomic mass is 16.5. The van der Waals surface area contributed by atoms with E-state index in [-0.39, 0.29) is 6.04 Å². The topological polar surface area (TPSA) is 80.8 Å². The Labute approximate surface area is 194 Å². The van der Waals surface area contributed by atoms with Gasteiger partial charge in [-0.05, 0) is 61.1 Å². The van der Waals surface area contributed by atoms with Crippen LogP contribution in [-0.2, 0) is 6.54 Å². The van der Waals surface area contributed by atoms with Crippen molar-refractivity contribution in [2.45, 2.75) is 32.4 Å². The van der Waals surface area contributed by atoms with Crippen LogP contribution in [0.2, 0.25) is 0 Å². The highest BCUT2D eigenvalue weighted by Crippen LogP contribution is 2.36. The van der Waals surface area contributed by atoms with Gasteiger partial charge in [0.2, 0.25) is 0 Å². The summed E-state index contributed by atoms with van der Waals surface area (Å²) in [5.41, 5.74) is 6.89. The second-order valence-electron chi connectivity index (χ2n) is 9.39. The number of aromatic amines is 1. The molecule has 2 heterocycles. The van der Waals surface area contributed by atoms with Crippen LogP contribution in [-0.4, -0.2) is 59.2 Å². The summed E-state index contributed by atoms with van der Waals surface area (Å²) >= 11 is 0. The van der Waals surface area contributed by atoms with Gasteiger partial charge in [0.05, 0.1) is 7.11 Å². The van der Waals surface area contributed by atoms with E-state index in [0.29, 0.717) is 5.56 Å². The van der Waals surface area contributed by atoms with Crippen molar-refractivity contribution >= 4 is 16.8 Å². The molecule has 1 atom stereocenters. The van der Waals surface area contributed by atoms with Gasteiger partial charge < -0.3 is 9.72 Å². The molecule has 1 saturated heterocycles. The van der Waals surface area contributed by atoms with Crippen molar-refractivity contribution in [3.8, 4) is 5.75 Å². The number of nitrogens with one attached hydrogen (secondary N) is 2. The number of H-pyrrole nitrogens is 1. The molecule has 1 aliphatic heterocycles. The molecule has 3 N–H and O–H groups in total. The summed E-state index contributed by atoms with van der Waals surface area (Å²) in [4.78, 5) is 20.3. The lowest BCUT2D eigenvalue weighted by Crippen LogP contribution is -2.48. The minimum atomic E-state index is -0.489. The maximum atomic E-state index is 11.8. The fraction of sp³-hybridized carbons (Fsp3) is 0.423. The average molecular weight is 449 g/mol. The van der Waals surface area contributed by atoms with Gasteiger partial charge in [-0.1, -0.05) is 12.1 Å². The third-order valence-electron chi connectivity index (χ3n) is 7.14. The van der Waals surface area contributed by atoms with E-state index in [4.69, 9.17) is 9.94 Å². The molecule has 0 radical (unpaired) electrons. The first-order chi connectivity index (χ1) is 16.1. The molecule has 3 aromatic rings. The maximum absolute atomic E-state index is 11.8. The van der Waals surface area contributed by atoms with Crippen LogP contribution >= 0.6 is 0 Å². The van der Waals surface area contributed by atoms with Crippen LogP contribution in [0.1, 0.15) is 45.9 Å². The van der Waals surface area contributed by atoms with E-state index in [9.17, 15) is 4.79 Å². The first kappa shape index (κ1) is 21.9. The first-order valence-corrected chi connectivity index (χ1v) is 11.7. The highest BCUT2D eigenvalue weighted by Gasteiger charge is 2.32. The van der Waals surface area contributed by atoms with E-state index < -0.39 is 5.91 Å². The number of hydroxylamine groups is 1. The SMILES string of the molecule is COc1cc(C)c2[nH]ccc2c1CN1CCN(CC2CC2)C[C@H]1c1ccc(C(=O)NO)cc1. The minimum Gasteiger partial charge on any atom is -0.496 e. The Morgan fingerprint density at radius 2 is 2.00 bits per heavy atom. The van der Waals surface area contributed by atoms with E-state index in [0.717, 1.165) is 43.4 Å². The van der Waals surface area contributed by atoms with Crippen molar-refractivity contribution in [3.63, 3.8) is 0 Å². The molecule has 0 bridgehead atoms. The van der Waals surface area contributed by atoms with E-state index >= 15 is 0 Å². The molecule has 2 aliphatic rings. The zero-order chi connectivity index (χ0) is 22.9. The number of benzene rings is 2. The van der Waals surface area contributed by atoms with Crippen molar-refractivity contribution in [2.75, 3.05) is 33.3 Å². The molecule has 0 unspecified atom stereocenters. The normalized spacial score (nSPS) is 19.7. The van der Waals surface area contributed by atoms with Crippen LogP contribution in [0.3, 0.4) is 0 Å². The first-order valence-electron chi connectivity index (χ1n) is 11.7. The van der Waals surface area contributed by atoms with Crippen molar-refractivity contribution in [2.24, 2.45) is 5.92 Å². The summed E-state index contributed by atoms with van der Waals surface area (Å²) in [6, 6.07) is 12.1. The number of carbonyl (C=O) groups excluding carboxylic acids is 1. The van der Waals surface area contributed by atoms with Crippen LogP contribution in [0.5, 0.6) is 5.75 Å². The van der Waals surface area contributed by atoms with E-state index in [1.165, 1.54) is 41.5 Å². The highest BCUT2D eigenvalue weighted by molar-refractivity contribution is 5.93. The van der Waals surface area contributed by atoms with Crippen LogP contribution in [0.15, 0.2) is 42.6 Å². The lowest BCUT2D eigenvalue weighted by atomic mass is 9.98. The Balaban J connectivity index is 1.46. The standard InChI is InChI=1S/C26H32N4O3/c1-17-13-24(33-2)22(21-9-10-27-25(17)21)15-30-12-11-29(14-18-3-4-18)16-23(30)19-5-7-20(8-6-19)26(31)28-32/h5-10,13,18,23,27,32H,3-4,11-12,14-16H2,1-2H3,(H,28,31)/t23-/m0/s1. The van der Waals surface area contributed by atoms with Crippen LogP contribution in [0.4, 0.5) is 0 Å². The molecular formula is C26H32N4O3. The molecule has 7 heteroatoms. The predicted molar refractivity (Wildman–Crippen MR) is 128 cm³/mol. The van der Waals surface area contributed by atoms with Gasteiger partial charge in [-0.2, -0.15) is 0 Å². The number of methoxy groups -OCH3 is 1. The van der Waals surface area contributed by atoms with Gasteiger partial charge in [-0.25, -0.2) is 5.48 Å². The molecule has 174 valence electrons. The zero-order valence-electron chi connectivity index (χ0n) is 19.3. The van der Waals surface area contributed by atoms with Gasteiger partial charge in [-0.15, -0.1) is 0 Å². The summed E-state index contributed by atoms with van der Waals surface area (Å²) in [7, 11) is 1.74. The number of hydrogen-bond acceptors (Lipinski definition) is 5. The monoisotopic (exact) mass is 448 g/mol. The van der Waals surface area contributed by atoms with E-state index in [2.05, 4.69) is 33.8 Å². The zero-order valence-corrected chi connectivity index (χ0v) is 19.3. The number of piperazine rings is 1. The number of aryl methyl sites for hydroxylation is 1. The fourth-order valence-corrected chi connectivity index (χ4v) is 5.12. The van der Waals surface area contributed by atoms with Crippen LogP contribution in [0, 0.1) is 12.8 Å². The van der Waals surface area contributed by atoms with Crippen molar-refractivity contribution in [3.05, 3.63) is 64.8 Å². The number of ether oxygens (including phenoxy) is 1. The van der Waals surface area contributed by atoms with Crippen LogP contribution in [0.25, 0.3) is 10.9 Å².